The van der Waals surface area contributed by atoms with Crippen LogP contribution in [0.3, 0.4) is 0 Å². The van der Waals surface area contributed by atoms with E-state index in [9.17, 15) is 13.2 Å². The third-order valence-corrected chi connectivity index (χ3v) is 5.62. The molecule has 6 heteroatoms. The summed E-state index contributed by atoms with van der Waals surface area (Å²) in [6.07, 6.45) is -2.25. The van der Waals surface area contributed by atoms with E-state index in [0.29, 0.717) is 17.8 Å². The summed E-state index contributed by atoms with van der Waals surface area (Å²) in [5, 5.41) is 3.47. The van der Waals surface area contributed by atoms with E-state index in [1.165, 1.54) is 12.1 Å². The number of hydrogen-bond acceptors (Lipinski definition) is 3. The van der Waals surface area contributed by atoms with E-state index in [2.05, 4.69) is 17.4 Å². The third-order valence-electron chi connectivity index (χ3n) is 5.62. The van der Waals surface area contributed by atoms with Crippen LogP contribution in [0.25, 0.3) is 0 Å². The second kappa shape index (κ2) is 7.17. The molecule has 0 radical (unpaired) electrons. The fourth-order valence-corrected chi connectivity index (χ4v) is 4.32. The van der Waals surface area contributed by atoms with Crippen molar-refractivity contribution in [1.82, 2.24) is 0 Å². The number of hydrogen-bond donors (Lipinski definition) is 2. The lowest BCUT2D eigenvalue weighted by Gasteiger charge is -2.46. The van der Waals surface area contributed by atoms with Crippen molar-refractivity contribution >= 4 is 5.69 Å². The zero-order valence-electron chi connectivity index (χ0n) is 14.9. The lowest BCUT2D eigenvalue weighted by Crippen LogP contribution is -2.39. The Morgan fingerprint density at radius 2 is 1.85 bits per heavy atom. The summed E-state index contributed by atoms with van der Waals surface area (Å²) in [6, 6.07) is 13.9. The molecule has 2 aliphatic rings. The topological polar surface area (TPSA) is 47.3 Å². The molecule has 3 N–H and O–H groups in total. The van der Waals surface area contributed by atoms with Gasteiger partial charge in [-0.3, -0.25) is 0 Å². The Morgan fingerprint density at radius 3 is 2.56 bits per heavy atom. The van der Waals surface area contributed by atoms with E-state index < -0.39 is 11.7 Å². The second-order valence-corrected chi connectivity index (χ2v) is 7.33. The molecule has 3 nitrogen and oxygen atoms in total. The smallest absolute Gasteiger partial charge is 0.378 e. The number of fused-ring (bicyclic) bond motifs is 3. The van der Waals surface area contributed by atoms with E-state index in [1.807, 2.05) is 18.2 Å². The van der Waals surface area contributed by atoms with Crippen LogP contribution in [-0.4, -0.2) is 12.6 Å². The van der Waals surface area contributed by atoms with E-state index >= 15 is 0 Å². The monoisotopic (exact) mass is 376 g/mol. The van der Waals surface area contributed by atoms with Crippen LogP contribution >= 0.6 is 0 Å². The third kappa shape index (κ3) is 3.56. The summed E-state index contributed by atoms with van der Waals surface area (Å²) in [6.45, 7) is 0.512. The van der Waals surface area contributed by atoms with Crippen molar-refractivity contribution in [3.63, 3.8) is 0 Å². The summed E-state index contributed by atoms with van der Waals surface area (Å²) in [7, 11) is 0. The molecule has 2 aliphatic heterocycles. The fourth-order valence-electron chi connectivity index (χ4n) is 4.32. The van der Waals surface area contributed by atoms with Crippen molar-refractivity contribution in [1.29, 1.82) is 0 Å². The molecule has 0 aromatic heterocycles. The number of nitrogens with one attached hydrogen (secondary N) is 1. The molecule has 4 atom stereocenters. The highest BCUT2D eigenvalue weighted by Crippen LogP contribution is 2.51. The molecule has 4 rings (SSSR count). The van der Waals surface area contributed by atoms with Crippen LogP contribution in [0.15, 0.2) is 48.5 Å². The molecule has 0 aliphatic carbocycles. The number of anilines is 1. The summed E-state index contributed by atoms with van der Waals surface area (Å²) in [5.41, 5.74) is 7.48. The molecule has 0 amide bonds. The van der Waals surface area contributed by atoms with Crippen LogP contribution in [-0.2, 0) is 10.9 Å². The van der Waals surface area contributed by atoms with Crippen molar-refractivity contribution in [2.24, 2.45) is 11.7 Å². The molecule has 1 fully saturated rings. The zero-order valence-corrected chi connectivity index (χ0v) is 14.9. The first-order valence-electron chi connectivity index (χ1n) is 9.35. The van der Waals surface area contributed by atoms with Crippen molar-refractivity contribution in [3.05, 3.63) is 65.2 Å². The van der Waals surface area contributed by atoms with Gasteiger partial charge in [-0.2, -0.15) is 13.2 Å². The van der Waals surface area contributed by atoms with Crippen molar-refractivity contribution in [3.8, 4) is 0 Å². The summed E-state index contributed by atoms with van der Waals surface area (Å²) in [5.74, 6) is 0.0809. The lowest BCUT2D eigenvalue weighted by atomic mass is 9.76. The average molecular weight is 376 g/mol. The molecule has 2 heterocycles. The fraction of sp³-hybridized carbons (Fsp3) is 0.429. The Labute approximate surface area is 156 Å². The van der Waals surface area contributed by atoms with Gasteiger partial charge in [-0.05, 0) is 49.6 Å². The van der Waals surface area contributed by atoms with Gasteiger partial charge in [0.25, 0.3) is 0 Å². The van der Waals surface area contributed by atoms with Gasteiger partial charge in [0.15, 0.2) is 0 Å². The predicted molar refractivity (Wildman–Crippen MR) is 98.3 cm³/mol. The highest BCUT2D eigenvalue weighted by molar-refractivity contribution is 5.58. The number of rotatable bonds is 3. The van der Waals surface area contributed by atoms with Crippen molar-refractivity contribution < 1.29 is 17.9 Å². The molecular formula is C21H23F3N2O. The lowest BCUT2D eigenvalue weighted by molar-refractivity contribution is -0.138. The first-order valence-corrected chi connectivity index (χ1v) is 9.35. The Kier molecular flexibility index (Phi) is 4.86. The van der Waals surface area contributed by atoms with E-state index in [0.717, 1.165) is 30.9 Å². The Hall–Kier alpha value is -2.05. The average Bonchev–Trinajstić information content (AvgIpc) is 2.67. The molecule has 0 spiro atoms. The minimum Gasteiger partial charge on any atom is -0.378 e. The minimum absolute atomic E-state index is 0.00633. The Morgan fingerprint density at radius 1 is 1.07 bits per heavy atom. The van der Waals surface area contributed by atoms with Gasteiger partial charge in [-0.15, -0.1) is 0 Å². The van der Waals surface area contributed by atoms with Gasteiger partial charge in [-0.1, -0.05) is 30.3 Å². The van der Waals surface area contributed by atoms with E-state index in [-0.39, 0.29) is 24.2 Å². The molecule has 0 bridgehead atoms. The highest BCUT2D eigenvalue weighted by Gasteiger charge is 2.43. The number of halogens is 3. The molecule has 144 valence electrons. The van der Waals surface area contributed by atoms with Gasteiger partial charge in [-0.25, -0.2) is 0 Å². The van der Waals surface area contributed by atoms with Crippen LogP contribution < -0.4 is 11.1 Å². The molecule has 2 aromatic rings. The molecule has 0 saturated carbocycles. The number of alkyl halides is 3. The van der Waals surface area contributed by atoms with Crippen LogP contribution in [0.1, 0.15) is 48.1 Å². The predicted octanol–water partition coefficient (Wildman–Crippen LogP) is 5.06. The van der Waals surface area contributed by atoms with Gasteiger partial charge in [0.05, 0.1) is 23.8 Å². The number of nitrogens with two attached hydrogens (primary N) is 1. The normalized spacial score (nSPS) is 27.4. The molecule has 27 heavy (non-hydrogen) atoms. The second-order valence-electron chi connectivity index (χ2n) is 7.33. The zero-order chi connectivity index (χ0) is 19.0. The molecular weight excluding hydrogens is 353 g/mol. The maximum atomic E-state index is 13.2. The molecule has 2 aromatic carbocycles. The van der Waals surface area contributed by atoms with Crippen molar-refractivity contribution in [2.45, 2.75) is 43.7 Å². The Balaban J connectivity index is 1.75. The molecule has 1 unspecified atom stereocenters. The quantitative estimate of drug-likeness (QED) is 0.787. The Bertz CT molecular complexity index is 794. The minimum atomic E-state index is -4.37. The van der Waals surface area contributed by atoms with Gasteiger partial charge in [0.2, 0.25) is 0 Å². The van der Waals surface area contributed by atoms with Crippen LogP contribution in [0.4, 0.5) is 18.9 Å². The first-order chi connectivity index (χ1) is 13.0. The first kappa shape index (κ1) is 18.3. The van der Waals surface area contributed by atoms with Gasteiger partial charge in [0.1, 0.15) is 0 Å². The van der Waals surface area contributed by atoms with Gasteiger partial charge < -0.3 is 15.8 Å². The number of benzene rings is 2. The number of ether oxygens (including phenoxy) is 1. The SMILES string of the molecule is NCC[C@H]1CC[C@@H]2C(O1)c1cc(C(F)(F)F)ccc1N[C@H]2c1ccccc1. The van der Waals surface area contributed by atoms with E-state index in [4.69, 9.17) is 10.5 Å². The van der Waals surface area contributed by atoms with E-state index in [1.54, 1.807) is 0 Å². The van der Waals surface area contributed by atoms with Crippen molar-refractivity contribution in [2.75, 3.05) is 11.9 Å². The van der Waals surface area contributed by atoms with Gasteiger partial charge >= 0.3 is 6.18 Å². The highest BCUT2D eigenvalue weighted by atomic mass is 19.4. The van der Waals surface area contributed by atoms with Gasteiger partial charge in [0, 0.05) is 17.2 Å². The maximum absolute atomic E-state index is 13.2. The molecule has 1 saturated heterocycles. The largest absolute Gasteiger partial charge is 0.416 e. The van der Waals surface area contributed by atoms with Crippen LogP contribution in [0.5, 0.6) is 0 Å². The summed E-state index contributed by atoms with van der Waals surface area (Å²) >= 11 is 0. The van der Waals surface area contributed by atoms with Crippen LogP contribution in [0, 0.1) is 5.92 Å². The summed E-state index contributed by atoms with van der Waals surface area (Å²) in [4.78, 5) is 0. The standard InChI is InChI=1S/C21H23F3N2O/c22-21(23,24)14-6-9-18-17(12-14)20-16(8-7-15(27-20)10-11-25)19(26-18)13-4-2-1-3-5-13/h1-6,9,12,15-16,19-20,26H,7-8,10-11,25H2/t15-,16+,19+,20?/m1/s1. The summed E-state index contributed by atoms with van der Waals surface area (Å²) < 4.78 is 46.0. The maximum Gasteiger partial charge on any atom is 0.416 e. The van der Waals surface area contributed by atoms with Crippen LogP contribution in [0.2, 0.25) is 0 Å².